The fourth-order valence-electron chi connectivity index (χ4n) is 0. The molecule has 0 bridgehead atoms. The Kier molecular flexibility index (Phi) is 53.5. The summed E-state index contributed by atoms with van der Waals surface area (Å²) < 4.78 is 26.5. The minimum Gasteiger partial charge on any atom is 0 e. The maximum Gasteiger partial charge on any atom is 0 e. The molecular weight excluding hydrogens is 475 g/mol. The van der Waals surface area contributed by atoms with Crippen LogP contribution in [0.2, 0.25) is 0 Å². The van der Waals surface area contributed by atoms with Crippen LogP contribution in [0, 0.1) is 0 Å². The third-order valence-corrected chi connectivity index (χ3v) is 0. The first-order chi connectivity index (χ1) is 5.73. The molecule has 0 unspecified atom stereocenters. The summed E-state index contributed by atoms with van der Waals surface area (Å²) in [6.45, 7) is 0. The van der Waals surface area contributed by atoms with Gasteiger partial charge in [0.2, 0.25) is 0 Å². The predicted molar refractivity (Wildman–Crippen MR) is 60.1 cm³/mol. The van der Waals surface area contributed by atoms with Crippen LogP contribution in [0.15, 0.2) is 0 Å². The average molecular weight is 489 g/mol. The Labute approximate surface area is 182 Å². The molecule has 0 fully saturated rings. The van der Waals surface area contributed by atoms with Crippen molar-refractivity contribution in [1.29, 1.82) is 0 Å². The van der Waals surface area contributed by atoms with E-state index in [1.165, 1.54) is 0 Å². The molecule has 0 heterocycles. The maximum absolute atomic E-state index is 8.88. The van der Waals surface area contributed by atoms with Crippen molar-refractivity contribution in [3.05, 3.63) is 0 Å². The number of rotatable bonds is 0. The normalized spacial score (nSPS) is 7.89. The van der Waals surface area contributed by atoms with E-state index < -0.39 is 24.8 Å². The molecule has 10 N–H and O–H groups in total. The predicted octanol–water partition coefficient (Wildman–Crippen LogP) is -6.13. The van der Waals surface area contributed by atoms with E-state index in [9.17, 15) is 0 Å². The topological polar surface area (TPSA) is 245 Å². The Balaban J connectivity index is -0.0000000183. The molecular formula is H14CaO12P2SiSrZn. The zero-order chi connectivity index (χ0) is 12.6. The van der Waals surface area contributed by atoms with Gasteiger partial charge < -0.3 is 44.4 Å². The van der Waals surface area contributed by atoms with Crippen molar-refractivity contribution < 1.29 is 77.5 Å². The van der Waals surface area contributed by atoms with Gasteiger partial charge in [-0.1, -0.05) is 0 Å². The first kappa shape index (κ1) is 42.9. The molecule has 0 aliphatic rings. The molecule has 12 nitrogen and oxygen atoms in total. The smallest absolute Gasteiger partial charge is 0 e. The molecule has 0 atom stereocenters. The molecule has 106 valence electrons. The molecule has 0 rings (SSSR count). The van der Waals surface area contributed by atoms with E-state index in [-0.39, 0.29) is 108 Å². The molecule has 0 aromatic carbocycles. The minimum atomic E-state index is -4.64. The summed E-state index contributed by atoms with van der Waals surface area (Å²) in [5, 5.41) is 0. The van der Waals surface area contributed by atoms with Gasteiger partial charge in [0, 0.05) is 19.5 Å². The van der Waals surface area contributed by atoms with Gasteiger partial charge >= 0.3 is 108 Å². The van der Waals surface area contributed by atoms with E-state index in [0.717, 1.165) is 0 Å². The zero-order valence-electron chi connectivity index (χ0n) is 7.40. The Hall–Kier alpha value is 3.16. The van der Waals surface area contributed by atoms with Crippen molar-refractivity contribution in [3.63, 3.8) is 0 Å². The van der Waals surface area contributed by atoms with Crippen LogP contribution in [0.1, 0.15) is 0 Å². The molecule has 0 amide bonds. The van der Waals surface area contributed by atoms with Crippen molar-refractivity contribution in [2.75, 3.05) is 0 Å². The van der Waals surface area contributed by atoms with E-state index in [1.807, 2.05) is 0 Å². The van der Waals surface area contributed by atoms with Crippen LogP contribution in [-0.4, -0.2) is 137 Å². The summed E-state index contributed by atoms with van der Waals surface area (Å²) in [5.41, 5.74) is 0. The standard InChI is InChI=1S/Ca.2H3O4P.H2O3Si.H2O.Sr.Zn.4H/c;2*1-5(2,3)4;1-4(2)3;;;;;;;/h;2*(H3,1,2,3,4);1-2H;1H2;;;;;;. The molecule has 0 aromatic heterocycles. The molecule has 0 saturated carbocycles. The van der Waals surface area contributed by atoms with Crippen molar-refractivity contribution in [2.45, 2.75) is 0 Å². The number of phosphoric acid groups is 2. The molecule has 0 saturated heterocycles. The monoisotopic (exact) mass is 488 g/mol. The Bertz CT molecular complexity index is 206. The summed E-state index contributed by atoms with van der Waals surface area (Å²) in [6, 6.07) is 0. The van der Waals surface area contributed by atoms with E-state index in [1.54, 1.807) is 0 Å². The quantitative estimate of drug-likeness (QED) is 0.118. The van der Waals surface area contributed by atoms with Crippen molar-refractivity contribution in [2.24, 2.45) is 0 Å². The first-order valence-electron chi connectivity index (χ1n) is 2.22. The molecule has 0 spiro atoms. The van der Waals surface area contributed by atoms with Crippen LogP contribution in [0.25, 0.3) is 0 Å². The molecule has 18 heteroatoms. The van der Waals surface area contributed by atoms with Crippen LogP contribution in [0.5, 0.6) is 0 Å². The van der Waals surface area contributed by atoms with Crippen LogP contribution < -0.4 is 0 Å². The first-order valence-corrected chi connectivity index (χ1v) is 6.65. The van der Waals surface area contributed by atoms with Crippen LogP contribution in [0.3, 0.4) is 0 Å². The number of hydrogen-bond acceptors (Lipinski definition) is 3. The SMILES string of the molecule is O.O=P(O)(O)O.O=P(O)(O)O.O=[Si](O)O.[CaH2].[SrH2].[Zn]. The summed E-state index contributed by atoms with van der Waals surface area (Å²) in [4.78, 5) is 57.4. The van der Waals surface area contributed by atoms with Crippen LogP contribution in [0.4, 0.5) is 0 Å². The second-order valence-corrected chi connectivity index (χ2v) is 3.93. The minimum absolute atomic E-state index is 0. The molecule has 18 heavy (non-hydrogen) atoms. The Morgan fingerprint density at radius 2 is 0.778 bits per heavy atom. The van der Waals surface area contributed by atoms with Gasteiger partial charge in [-0.05, 0) is 0 Å². The largest absolute Gasteiger partial charge is 0 e. The van der Waals surface area contributed by atoms with Crippen molar-refractivity contribution in [3.8, 4) is 0 Å². The third-order valence-electron chi connectivity index (χ3n) is 0. The Morgan fingerprint density at radius 1 is 0.778 bits per heavy atom. The summed E-state index contributed by atoms with van der Waals surface area (Å²) in [5.74, 6) is 0. The summed E-state index contributed by atoms with van der Waals surface area (Å²) >= 11 is 0. The second-order valence-electron chi connectivity index (χ2n) is 1.31. The van der Waals surface area contributed by atoms with Crippen molar-refractivity contribution in [1.82, 2.24) is 0 Å². The van der Waals surface area contributed by atoms with Gasteiger partial charge in [-0.25, -0.2) is 9.13 Å². The maximum atomic E-state index is 8.88. The molecule has 0 aliphatic carbocycles. The van der Waals surface area contributed by atoms with Gasteiger partial charge in [0.15, 0.2) is 0 Å². The van der Waals surface area contributed by atoms with Gasteiger partial charge in [0.25, 0.3) is 0 Å². The van der Waals surface area contributed by atoms with Crippen molar-refractivity contribution >= 4 is 108 Å². The van der Waals surface area contributed by atoms with E-state index in [4.69, 9.17) is 52.5 Å². The van der Waals surface area contributed by atoms with Gasteiger partial charge in [-0.2, -0.15) is 0 Å². The summed E-state index contributed by atoms with van der Waals surface area (Å²) in [6.07, 6.45) is 0. The average Bonchev–Trinajstić information content (AvgIpc) is 1.45. The van der Waals surface area contributed by atoms with Gasteiger partial charge in [-0.3, -0.25) is 4.46 Å². The molecule has 0 aromatic rings. The van der Waals surface area contributed by atoms with E-state index >= 15 is 0 Å². The van der Waals surface area contributed by atoms with E-state index in [2.05, 4.69) is 0 Å². The van der Waals surface area contributed by atoms with Gasteiger partial charge in [0.1, 0.15) is 0 Å². The number of hydrogen-bond donors (Lipinski definition) is 8. The van der Waals surface area contributed by atoms with Crippen LogP contribution in [-0.2, 0) is 33.1 Å². The molecule has 0 radical (unpaired) electrons. The van der Waals surface area contributed by atoms with Crippen LogP contribution >= 0.6 is 15.6 Å². The second kappa shape index (κ2) is 22.4. The van der Waals surface area contributed by atoms with Gasteiger partial charge in [-0.15, -0.1) is 0 Å². The Morgan fingerprint density at radius 3 is 0.778 bits per heavy atom. The zero-order valence-corrected chi connectivity index (χ0v) is 13.2. The fraction of sp³-hybridized carbons (Fsp3) is 0. The fourth-order valence-corrected chi connectivity index (χ4v) is 0. The van der Waals surface area contributed by atoms with E-state index in [0.29, 0.717) is 0 Å². The molecule has 0 aliphatic heterocycles. The summed E-state index contributed by atoms with van der Waals surface area (Å²) in [7, 11) is -12.4. The third kappa shape index (κ3) is 633. The van der Waals surface area contributed by atoms with Gasteiger partial charge in [0.05, 0.1) is 0 Å².